The van der Waals surface area contributed by atoms with E-state index >= 15 is 0 Å². The fraction of sp³-hybridized carbons (Fsp3) is 0.400. The van der Waals surface area contributed by atoms with Crippen LogP contribution in [0.1, 0.15) is 57.4 Å². The summed E-state index contributed by atoms with van der Waals surface area (Å²) in [5, 5.41) is 0. The van der Waals surface area contributed by atoms with Crippen LogP contribution in [0, 0.1) is 0 Å². The molecular weight excluding hydrogens is 433 g/mol. The van der Waals surface area contributed by atoms with Crippen LogP contribution < -0.4 is 4.74 Å². The second-order valence-corrected chi connectivity index (χ2v) is 10.6. The molecule has 1 saturated heterocycles. The first kappa shape index (κ1) is 25.5. The van der Waals surface area contributed by atoms with Crippen molar-refractivity contribution in [1.29, 1.82) is 0 Å². The number of hydrogen-bond acceptors (Lipinski definition) is 4. The van der Waals surface area contributed by atoms with Crippen LogP contribution in [0.2, 0.25) is 5.82 Å². The fourth-order valence-electron chi connectivity index (χ4n) is 4.79. The molecule has 0 spiro atoms. The smallest absolute Gasteiger partial charge is 0.462 e. The van der Waals surface area contributed by atoms with E-state index in [9.17, 15) is 0 Å². The number of rotatable bonds is 9. The Labute approximate surface area is 211 Å². The van der Waals surface area contributed by atoms with Crippen LogP contribution in [0.15, 0.2) is 84.9 Å². The zero-order chi connectivity index (χ0) is 25.1. The number of methoxy groups -OCH3 is 1. The Kier molecular flexibility index (Phi) is 7.70. The molecule has 3 aromatic carbocycles. The van der Waals surface area contributed by atoms with Crippen molar-refractivity contribution in [2.75, 3.05) is 7.11 Å². The number of benzene rings is 3. The summed E-state index contributed by atoms with van der Waals surface area (Å²) in [6.45, 7) is 12.4. The van der Waals surface area contributed by atoms with E-state index in [1.54, 1.807) is 7.11 Å². The van der Waals surface area contributed by atoms with E-state index < -0.39 is 0 Å². The van der Waals surface area contributed by atoms with Crippen molar-refractivity contribution in [2.45, 2.75) is 70.8 Å². The molecule has 3 aromatic rings. The fourth-order valence-corrected chi connectivity index (χ4v) is 4.79. The van der Waals surface area contributed by atoms with Crippen LogP contribution >= 0.6 is 0 Å². The first-order valence-electron chi connectivity index (χ1n) is 12.5. The molecule has 0 amide bonds. The molecule has 1 aliphatic rings. The molecule has 2 atom stereocenters. The van der Waals surface area contributed by atoms with Gasteiger partial charge in [0.2, 0.25) is 0 Å². The van der Waals surface area contributed by atoms with Crippen molar-refractivity contribution in [1.82, 2.24) is 4.90 Å². The second kappa shape index (κ2) is 10.6. The summed E-state index contributed by atoms with van der Waals surface area (Å²) >= 11 is 0. The lowest BCUT2D eigenvalue weighted by Gasteiger charge is -2.37. The SMILES string of the molecule is COc1ccc([C@H]([C@@H](C)B2OC(C)(C)C(C)(C)O2)N(Cc2ccccc2)Cc2ccccc2)cc1. The normalized spacial score (nSPS) is 18.4. The Morgan fingerprint density at radius 2 is 1.20 bits per heavy atom. The molecule has 0 N–H and O–H groups in total. The highest BCUT2D eigenvalue weighted by atomic mass is 16.7. The van der Waals surface area contributed by atoms with E-state index in [1.807, 2.05) is 12.1 Å². The Balaban J connectivity index is 1.74. The van der Waals surface area contributed by atoms with Gasteiger partial charge < -0.3 is 14.0 Å². The Hall–Kier alpha value is -2.60. The van der Waals surface area contributed by atoms with Crippen molar-refractivity contribution in [3.05, 3.63) is 102 Å². The van der Waals surface area contributed by atoms with E-state index in [-0.39, 0.29) is 30.2 Å². The molecular formula is C30H38BNO3. The van der Waals surface area contributed by atoms with E-state index in [0.29, 0.717) is 0 Å². The topological polar surface area (TPSA) is 30.9 Å². The van der Waals surface area contributed by atoms with Gasteiger partial charge in [-0.3, -0.25) is 4.90 Å². The average molecular weight is 471 g/mol. The zero-order valence-electron chi connectivity index (χ0n) is 21.9. The van der Waals surface area contributed by atoms with Crippen molar-refractivity contribution >= 4 is 7.12 Å². The van der Waals surface area contributed by atoms with Gasteiger partial charge in [-0.15, -0.1) is 0 Å². The highest BCUT2D eigenvalue weighted by Crippen LogP contribution is 2.45. The number of ether oxygens (including phenoxy) is 1. The maximum Gasteiger partial charge on any atom is 0.462 e. The molecule has 1 aliphatic heterocycles. The second-order valence-electron chi connectivity index (χ2n) is 10.6. The lowest BCUT2D eigenvalue weighted by molar-refractivity contribution is 0.00578. The van der Waals surface area contributed by atoms with Crippen LogP contribution in [-0.2, 0) is 22.4 Å². The van der Waals surface area contributed by atoms with Gasteiger partial charge in [-0.2, -0.15) is 0 Å². The molecule has 0 unspecified atom stereocenters. The van der Waals surface area contributed by atoms with Crippen LogP contribution in [0.3, 0.4) is 0 Å². The quantitative estimate of drug-likeness (QED) is 0.317. The molecule has 0 aliphatic carbocycles. The molecule has 184 valence electrons. The van der Waals surface area contributed by atoms with Gasteiger partial charge in [0, 0.05) is 24.9 Å². The minimum atomic E-state index is -0.375. The summed E-state index contributed by atoms with van der Waals surface area (Å²) in [5.41, 5.74) is 3.03. The maximum atomic E-state index is 6.55. The average Bonchev–Trinajstić information content (AvgIpc) is 3.07. The highest BCUT2D eigenvalue weighted by Gasteiger charge is 2.54. The van der Waals surface area contributed by atoms with Crippen molar-refractivity contribution in [3.8, 4) is 5.75 Å². The van der Waals surface area contributed by atoms with Gasteiger partial charge >= 0.3 is 7.12 Å². The van der Waals surface area contributed by atoms with Gasteiger partial charge in [-0.05, 0) is 56.5 Å². The van der Waals surface area contributed by atoms with Gasteiger partial charge in [-0.25, -0.2) is 0 Å². The largest absolute Gasteiger partial charge is 0.497 e. The summed E-state index contributed by atoms with van der Waals surface area (Å²) in [5.74, 6) is 0.935. The van der Waals surface area contributed by atoms with Crippen molar-refractivity contribution < 1.29 is 14.0 Å². The van der Waals surface area contributed by atoms with E-state index in [1.165, 1.54) is 16.7 Å². The van der Waals surface area contributed by atoms with Crippen LogP contribution in [-0.4, -0.2) is 30.3 Å². The standard InChI is InChI=1S/C30H38BNO3/c1-23(31-34-29(2,3)30(4,5)35-31)28(26-17-19-27(33-6)20-18-26)32(21-24-13-9-7-10-14-24)22-25-15-11-8-12-16-25/h7-20,23,28H,21-22H2,1-6H3/t23-,28+/m1/s1. The maximum absolute atomic E-state index is 6.55. The van der Waals surface area contributed by atoms with Gasteiger partial charge in [0.25, 0.3) is 0 Å². The first-order chi connectivity index (χ1) is 16.7. The molecule has 1 fully saturated rings. The summed E-state index contributed by atoms with van der Waals surface area (Å²) in [7, 11) is 1.39. The predicted octanol–water partition coefficient (Wildman–Crippen LogP) is 6.92. The van der Waals surface area contributed by atoms with Crippen molar-refractivity contribution in [3.63, 3.8) is 0 Å². The van der Waals surface area contributed by atoms with Crippen molar-refractivity contribution in [2.24, 2.45) is 0 Å². The first-order valence-corrected chi connectivity index (χ1v) is 12.5. The Bertz CT molecular complexity index is 1010. The van der Waals surface area contributed by atoms with E-state index in [2.05, 4.69) is 112 Å². The van der Waals surface area contributed by atoms with Gasteiger partial charge in [-0.1, -0.05) is 79.7 Å². The summed E-state index contributed by atoms with van der Waals surface area (Å²) < 4.78 is 18.6. The lowest BCUT2D eigenvalue weighted by Crippen LogP contribution is -2.41. The van der Waals surface area contributed by atoms with E-state index in [4.69, 9.17) is 14.0 Å². The molecule has 0 saturated carbocycles. The molecule has 0 aromatic heterocycles. The molecule has 4 nitrogen and oxygen atoms in total. The third-order valence-electron chi connectivity index (χ3n) is 7.51. The Morgan fingerprint density at radius 3 is 1.63 bits per heavy atom. The van der Waals surface area contributed by atoms with Gasteiger partial charge in [0.15, 0.2) is 0 Å². The molecule has 35 heavy (non-hydrogen) atoms. The highest BCUT2D eigenvalue weighted by molar-refractivity contribution is 6.47. The molecule has 5 heteroatoms. The summed E-state index contributed by atoms with van der Waals surface area (Å²) in [6.07, 6.45) is 0. The lowest BCUT2D eigenvalue weighted by atomic mass is 9.66. The van der Waals surface area contributed by atoms with Crippen LogP contribution in [0.4, 0.5) is 0 Å². The number of hydrogen-bond donors (Lipinski definition) is 0. The molecule has 4 rings (SSSR count). The predicted molar refractivity (Wildman–Crippen MR) is 143 cm³/mol. The number of nitrogens with zero attached hydrogens (tertiary/aromatic N) is 1. The molecule has 1 heterocycles. The van der Waals surface area contributed by atoms with Gasteiger partial charge in [0.05, 0.1) is 18.3 Å². The Morgan fingerprint density at radius 1 is 0.743 bits per heavy atom. The minimum Gasteiger partial charge on any atom is -0.497 e. The van der Waals surface area contributed by atoms with Gasteiger partial charge in [0.1, 0.15) is 5.75 Å². The third kappa shape index (κ3) is 5.80. The molecule has 0 bridgehead atoms. The molecule has 0 radical (unpaired) electrons. The van der Waals surface area contributed by atoms with Crippen LogP contribution in [0.5, 0.6) is 5.75 Å². The monoisotopic (exact) mass is 471 g/mol. The van der Waals surface area contributed by atoms with E-state index in [0.717, 1.165) is 18.8 Å². The third-order valence-corrected chi connectivity index (χ3v) is 7.51. The summed E-state index contributed by atoms with van der Waals surface area (Å²) in [4.78, 5) is 2.54. The minimum absolute atomic E-state index is 0.0658. The van der Waals surface area contributed by atoms with Crippen LogP contribution in [0.25, 0.3) is 0 Å². The summed E-state index contributed by atoms with van der Waals surface area (Å²) in [6, 6.07) is 29.9. The zero-order valence-corrected chi connectivity index (χ0v) is 21.9.